The lowest BCUT2D eigenvalue weighted by molar-refractivity contribution is 0.183. The van der Waals surface area contributed by atoms with Gasteiger partial charge in [0, 0.05) is 29.1 Å². The first-order valence-corrected chi connectivity index (χ1v) is 7.57. The largest absolute Gasteiger partial charge is 0.495 e. The number of methoxy groups -OCH3 is 1. The fourth-order valence-corrected chi connectivity index (χ4v) is 3.38. The molecule has 0 spiro atoms. The highest BCUT2D eigenvalue weighted by Crippen LogP contribution is 2.35. The van der Waals surface area contributed by atoms with Crippen molar-refractivity contribution in [1.82, 2.24) is 0 Å². The molecule has 0 aliphatic carbocycles. The molecule has 1 aromatic rings. The maximum absolute atomic E-state index is 5.43. The molecule has 2 atom stereocenters. The van der Waals surface area contributed by atoms with Crippen molar-refractivity contribution in [3.8, 4) is 5.75 Å². The van der Waals surface area contributed by atoms with E-state index in [0.717, 1.165) is 40.0 Å². The lowest BCUT2D eigenvalue weighted by Gasteiger charge is -2.22. The van der Waals surface area contributed by atoms with Gasteiger partial charge in [-0.15, -0.1) is 0 Å². The van der Waals surface area contributed by atoms with Crippen LogP contribution in [0, 0.1) is 5.92 Å². The van der Waals surface area contributed by atoms with E-state index in [4.69, 9.17) is 9.47 Å². The predicted octanol–water partition coefficient (Wildman–Crippen LogP) is 4.06. The van der Waals surface area contributed by atoms with Gasteiger partial charge in [0.15, 0.2) is 0 Å². The molecule has 1 aromatic carbocycles. The van der Waals surface area contributed by atoms with E-state index in [0.29, 0.717) is 12.0 Å². The van der Waals surface area contributed by atoms with E-state index >= 15 is 0 Å². The molecule has 2 unspecified atom stereocenters. The Kier molecular flexibility index (Phi) is 4.92. The Labute approximate surface area is 124 Å². The van der Waals surface area contributed by atoms with Crippen molar-refractivity contribution < 1.29 is 9.47 Å². The van der Waals surface area contributed by atoms with Crippen LogP contribution in [0.15, 0.2) is 21.1 Å². The normalized spacial score (nSPS) is 20.8. The van der Waals surface area contributed by atoms with Gasteiger partial charge in [-0.1, -0.05) is 0 Å². The Hall–Kier alpha value is -0.260. The molecule has 0 amide bonds. The molecule has 0 saturated carbocycles. The third-order valence-corrected chi connectivity index (χ3v) is 4.57. The molecule has 0 radical (unpaired) electrons. The fourth-order valence-electron chi connectivity index (χ4n) is 2.11. The first kappa shape index (κ1) is 14.2. The highest BCUT2D eigenvalue weighted by molar-refractivity contribution is 9.11. The summed E-state index contributed by atoms with van der Waals surface area (Å²) in [6.07, 6.45) is 1.12. The average molecular weight is 379 g/mol. The Balaban J connectivity index is 2.12. The van der Waals surface area contributed by atoms with Crippen molar-refractivity contribution in [3.05, 3.63) is 21.1 Å². The van der Waals surface area contributed by atoms with Crippen molar-refractivity contribution in [2.24, 2.45) is 5.92 Å². The van der Waals surface area contributed by atoms with E-state index in [1.54, 1.807) is 7.11 Å². The summed E-state index contributed by atoms with van der Waals surface area (Å²) >= 11 is 7.04. The minimum atomic E-state index is 0.384. The van der Waals surface area contributed by atoms with Crippen LogP contribution in [-0.2, 0) is 4.74 Å². The van der Waals surface area contributed by atoms with Crippen LogP contribution in [-0.4, -0.2) is 26.4 Å². The Morgan fingerprint density at radius 1 is 1.39 bits per heavy atom. The molecular weight excluding hydrogens is 362 g/mol. The molecule has 1 aliphatic rings. The number of ether oxygens (including phenoxy) is 2. The molecule has 5 heteroatoms. The van der Waals surface area contributed by atoms with Crippen LogP contribution in [0.4, 0.5) is 5.69 Å². The van der Waals surface area contributed by atoms with Gasteiger partial charge in [-0.2, -0.15) is 0 Å². The van der Waals surface area contributed by atoms with E-state index in [1.807, 2.05) is 12.1 Å². The molecule has 18 heavy (non-hydrogen) atoms. The molecule has 2 rings (SSSR count). The van der Waals surface area contributed by atoms with E-state index in [2.05, 4.69) is 44.1 Å². The maximum Gasteiger partial charge on any atom is 0.135 e. The van der Waals surface area contributed by atoms with Gasteiger partial charge in [0.1, 0.15) is 5.75 Å². The van der Waals surface area contributed by atoms with Crippen molar-refractivity contribution >= 4 is 37.5 Å². The second kappa shape index (κ2) is 6.26. The number of halogens is 2. The van der Waals surface area contributed by atoms with Crippen molar-refractivity contribution in [2.75, 3.05) is 25.6 Å². The smallest absolute Gasteiger partial charge is 0.135 e. The summed E-state index contributed by atoms with van der Waals surface area (Å²) in [5.74, 6) is 1.40. The number of anilines is 1. The van der Waals surface area contributed by atoms with Crippen LogP contribution in [0.1, 0.15) is 13.3 Å². The standard InChI is InChI=1S/C13H17Br2NO2/c1-8(9-3-4-18-7-9)16-12-6-13(17-2)11(15)5-10(12)14/h5-6,8-9,16H,3-4,7H2,1-2H3. The van der Waals surface area contributed by atoms with Gasteiger partial charge in [-0.05, 0) is 51.3 Å². The lowest BCUT2D eigenvalue weighted by atomic mass is 10.0. The number of nitrogens with one attached hydrogen (secondary N) is 1. The summed E-state index contributed by atoms with van der Waals surface area (Å²) in [7, 11) is 1.67. The van der Waals surface area contributed by atoms with Gasteiger partial charge in [0.2, 0.25) is 0 Å². The van der Waals surface area contributed by atoms with E-state index in [-0.39, 0.29) is 0 Å². The van der Waals surface area contributed by atoms with Gasteiger partial charge >= 0.3 is 0 Å². The molecule has 1 aliphatic heterocycles. The highest BCUT2D eigenvalue weighted by Gasteiger charge is 2.22. The number of hydrogen-bond donors (Lipinski definition) is 1. The molecule has 1 fully saturated rings. The van der Waals surface area contributed by atoms with Gasteiger partial charge in [-0.3, -0.25) is 0 Å². The van der Waals surface area contributed by atoms with Crippen molar-refractivity contribution in [1.29, 1.82) is 0 Å². The van der Waals surface area contributed by atoms with Gasteiger partial charge in [0.25, 0.3) is 0 Å². The van der Waals surface area contributed by atoms with Crippen LogP contribution in [0.2, 0.25) is 0 Å². The van der Waals surface area contributed by atoms with Gasteiger partial charge in [-0.25, -0.2) is 0 Å². The van der Waals surface area contributed by atoms with Crippen LogP contribution in [0.3, 0.4) is 0 Å². The molecule has 1 N–H and O–H groups in total. The second-order valence-corrected chi connectivity index (χ2v) is 6.23. The van der Waals surface area contributed by atoms with Crippen LogP contribution in [0.25, 0.3) is 0 Å². The topological polar surface area (TPSA) is 30.5 Å². The SMILES string of the molecule is COc1cc(NC(C)C2CCOC2)c(Br)cc1Br. The number of hydrogen-bond acceptors (Lipinski definition) is 3. The minimum absolute atomic E-state index is 0.384. The summed E-state index contributed by atoms with van der Waals surface area (Å²) in [5, 5.41) is 3.53. The Morgan fingerprint density at radius 3 is 2.78 bits per heavy atom. The first-order valence-electron chi connectivity index (χ1n) is 5.99. The summed E-state index contributed by atoms with van der Waals surface area (Å²) in [4.78, 5) is 0. The number of benzene rings is 1. The monoisotopic (exact) mass is 377 g/mol. The molecule has 1 heterocycles. The van der Waals surface area contributed by atoms with Gasteiger partial charge in [0.05, 0.1) is 23.9 Å². The summed E-state index contributed by atoms with van der Waals surface area (Å²) in [5.41, 5.74) is 1.05. The van der Waals surface area contributed by atoms with Crippen LogP contribution < -0.4 is 10.1 Å². The second-order valence-electron chi connectivity index (χ2n) is 4.52. The minimum Gasteiger partial charge on any atom is -0.495 e. The summed E-state index contributed by atoms with van der Waals surface area (Å²) in [6, 6.07) is 4.38. The van der Waals surface area contributed by atoms with Crippen molar-refractivity contribution in [2.45, 2.75) is 19.4 Å². The summed E-state index contributed by atoms with van der Waals surface area (Å²) < 4.78 is 12.7. The molecule has 0 aromatic heterocycles. The summed E-state index contributed by atoms with van der Waals surface area (Å²) in [6.45, 7) is 3.92. The van der Waals surface area contributed by atoms with Gasteiger partial charge < -0.3 is 14.8 Å². The lowest BCUT2D eigenvalue weighted by Crippen LogP contribution is -2.26. The van der Waals surface area contributed by atoms with Crippen LogP contribution >= 0.6 is 31.9 Å². The molecule has 0 bridgehead atoms. The third kappa shape index (κ3) is 3.19. The maximum atomic E-state index is 5.43. The van der Waals surface area contributed by atoms with E-state index in [9.17, 15) is 0 Å². The predicted molar refractivity (Wildman–Crippen MR) is 80.4 cm³/mol. The molecule has 100 valence electrons. The van der Waals surface area contributed by atoms with E-state index < -0.39 is 0 Å². The third-order valence-electron chi connectivity index (χ3n) is 3.30. The number of rotatable bonds is 4. The Bertz CT molecular complexity index is 420. The Morgan fingerprint density at radius 2 is 2.17 bits per heavy atom. The molecule has 1 saturated heterocycles. The fraction of sp³-hybridized carbons (Fsp3) is 0.538. The van der Waals surface area contributed by atoms with Crippen LogP contribution in [0.5, 0.6) is 5.75 Å². The highest BCUT2D eigenvalue weighted by atomic mass is 79.9. The first-order chi connectivity index (χ1) is 8.61. The zero-order valence-corrected chi connectivity index (χ0v) is 13.7. The zero-order valence-electron chi connectivity index (χ0n) is 10.5. The quantitative estimate of drug-likeness (QED) is 0.856. The molecule has 3 nitrogen and oxygen atoms in total. The van der Waals surface area contributed by atoms with E-state index in [1.165, 1.54) is 0 Å². The molecular formula is C13H17Br2NO2. The van der Waals surface area contributed by atoms with Crippen molar-refractivity contribution in [3.63, 3.8) is 0 Å². The average Bonchev–Trinajstić information content (AvgIpc) is 2.86. The zero-order chi connectivity index (χ0) is 13.1.